The molecule has 8 nitrogen and oxygen atoms in total. The van der Waals surface area contributed by atoms with E-state index < -0.39 is 0 Å². The molecule has 1 aromatic carbocycles. The van der Waals surface area contributed by atoms with Gasteiger partial charge < -0.3 is 30.2 Å². The number of hydrogen-bond donors (Lipinski definition) is 2. The molecule has 166 valence electrons. The number of aryl methyl sites for hydroxylation is 1. The van der Waals surface area contributed by atoms with E-state index in [2.05, 4.69) is 29.4 Å². The van der Waals surface area contributed by atoms with E-state index in [1.165, 1.54) is 0 Å². The van der Waals surface area contributed by atoms with E-state index >= 15 is 0 Å². The number of guanidine groups is 1. The molecule has 0 saturated carbocycles. The Labute approximate surface area is 178 Å². The third kappa shape index (κ3) is 6.52. The van der Waals surface area contributed by atoms with Crippen molar-refractivity contribution in [2.24, 2.45) is 16.6 Å². The molecule has 1 aromatic rings. The topological polar surface area (TPSA) is 98.4 Å². The van der Waals surface area contributed by atoms with Gasteiger partial charge in [0, 0.05) is 37.2 Å². The number of nitrogens with one attached hydrogen (secondary N) is 1. The maximum Gasteiger partial charge on any atom is 0.409 e. The summed E-state index contributed by atoms with van der Waals surface area (Å²) in [7, 11) is 0. The SMILES string of the molecule is CCOC(=O)N1CCC(NC(N)=NCc2ccc(C)cc2OCC2CCOC2)CC1. The Balaban J connectivity index is 1.49. The molecule has 1 atom stereocenters. The lowest BCUT2D eigenvalue weighted by Crippen LogP contribution is -2.48. The van der Waals surface area contributed by atoms with Gasteiger partial charge in [0.25, 0.3) is 0 Å². The van der Waals surface area contributed by atoms with E-state index in [1.807, 2.05) is 13.0 Å². The van der Waals surface area contributed by atoms with Gasteiger partial charge in [-0.2, -0.15) is 0 Å². The molecule has 2 heterocycles. The zero-order valence-electron chi connectivity index (χ0n) is 18.1. The predicted octanol–water partition coefficient (Wildman–Crippen LogP) is 2.44. The van der Waals surface area contributed by atoms with Gasteiger partial charge in [-0.15, -0.1) is 0 Å². The molecule has 2 aliphatic heterocycles. The van der Waals surface area contributed by atoms with Gasteiger partial charge >= 0.3 is 6.09 Å². The summed E-state index contributed by atoms with van der Waals surface area (Å²) in [5.41, 5.74) is 8.29. The van der Waals surface area contributed by atoms with Crippen LogP contribution in [-0.2, 0) is 16.0 Å². The van der Waals surface area contributed by atoms with Crippen molar-refractivity contribution in [3.8, 4) is 5.75 Å². The molecule has 3 N–H and O–H groups in total. The summed E-state index contributed by atoms with van der Waals surface area (Å²) in [6, 6.07) is 6.36. The second-order valence-corrected chi connectivity index (χ2v) is 7.96. The summed E-state index contributed by atoms with van der Waals surface area (Å²) in [6.07, 6.45) is 2.44. The highest BCUT2D eigenvalue weighted by Crippen LogP contribution is 2.23. The van der Waals surface area contributed by atoms with Gasteiger partial charge in [-0.25, -0.2) is 9.79 Å². The van der Waals surface area contributed by atoms with E-state index in [4.69, 9.17) is 19.9 Å². The molecule has 8 heteroatoms. The Bertz CT molecular complexity index is 726. The number of ether oxygens (including phenoxy) is 3. The largest absolute Gasteiger partial charge is 0.493 e. The zero-order valence-corrected chi connectivity index (χ0v) is 18.1. The molecule has 2 saturated heterocycles. The molecule has 0 bridgehead atoms. The summed E-state index contributed by atoms with van der Waals surface area (Å²) in [5, 5.41) is 3.28. The minimum absolute atomic E-state index is 0.204. The monoisotopic (exact) mass is 418 g/mol. The summed E-state index contributed by atoms with van der Waals surface area (Å²) < 4.78 is 16.6. The predicted molar refractivity (Wildman–Crippen MR) is 116 cm³/mol. The first-order valence-electron chi connectivity index (χ1n) is 10.8. The minimum atomic E-state index is -0.242. The van der Waals surface area contributed by atoms with Crippen LogP contribution in [-0.4, -0.2) is 62.5 Å². The fraction of sp³-hybridized carbons (Fsp3) is 0.636. The Morgan fingerprint density at radius 3 is 2.83 bits per heavy atom. The van der Waals surface area contributed by atoms with Crippen molar-refractivity contribution in [2.45, 2.75) is 45.7 Å². The van der Waals surface area contributed by atoms with E-state index in [0.29, 0.717) is 44.7 Å². The van der Waals surface area contributed by atoms with Gasteiger partial charge in [-0.05, 0) is 44.7 Å². The molecule has 0 aromatic heterocycles. The number of hydrogen-bond acceptors (Lipinski definition) is 5. The van der Waals surface area contributed by atoms with Crippen LogP contribution in [0.1, 0.15) is 37.3 Å². The number of benzene rings is 1. The van der Waals surface area contributed by atoms with Crippen LogP contribution < -0.4 is 15.8 Å². The van der Waals surface area contributed by atoms with Crippen LogP contribution in [0.5, 0.6) is 5.75 Å². The van der Waals surface area contributed by atoms with Crippen LogP contribution in [0, 0.1) is 12.8 Å². The van der Waals surface area contributed by atoms with Gasteiger partial charge in [0.15, 0.2) is 5.96 Å². The Morgan fingerprint density at radius 1 is 1.33 bits per heavy atom. The highest BCUT2D eigenvalue weighted by molar-refractivity contribution is 5.78. The van der Waals surface area contributed by atoms with Crippen LogP contribution >= 0.6 is 0 Å². The molecular formula is C22H34N4O4. The van der Waals surface area contributed by atoms with Gasteiger partial charge in [0.1, 0.15) is 5.75 Å². The van der Waals surface area contributed by atoms with Gasteiger partial charge in [-0.3, -0.25) is 0 Å². The highest BCUT2D eigenvalue weighted by Gasteiger charge is 2.23. The molecule has 2 fully saturated rings. The average Bonchev–Trinajstić information content (AvgIpc) is 3.26. The first kappa shape index (κ1) is 22.2. The van der Waals surface area contributed by atoms with Gasteiger partial charge in [0.05, 0.1) is 26.4 Å². The summed E-state index contributed by atoms with van der Waals surface area (Å²) >= 11 is 0. The minimum Gasteiger partial charge on any atom is -0.493 e. The first-order chi connectivity index (χ1) is 14.5. The third-order valence-electron chi connectivity index (χ3n) is 5.51. The lowest BCUT2D eigenvalue weighted by molar-refractivity contribution is 0.0963. The standard InChI is InChI=1S/C22H34N4O4/c1-3-29-22(27)26-9-6-19(7-10-26)25-21(23)24-13-18-5-4-16(2)12-20(18)30-15-17-8-11-28-14-17/h4-5,12,17,19H,3,6-11,13-15H2,1-2H3,(H3,23,24,25). The molecular weight excluding hydrogens is 384 g/mol. The quantitative estimate of drug-likeness (QED) is 0.521. The van der Waals surface area contributed by atoms with Crippen molar-refractivity contribution >= 4 is 12.1 Å². The molecule has 0 spiro atoms. The lowest BCUT2D eigenvalue weighted by Gasteiger charge is -2.31. The summed E-state index contributed by atoms with van der Waals surface area (Å²) in [4.78, 5) is 18.0. The van der Waals surface area contributed by atoms with Crippen molar-refractivity contribution in [2.75, 3.05) is 39.5 Å². The van der Waals surface area contributed by atoms with Crippen LogP contribution in [0.4, 0.5) is 4.79 Å². The number of nitrogens with zero attached hydrogens (tertiary/aromatic N) is 2. The normalized spacial score (nSPS) is 20.3. The number of nitrogens with two attached hydrogens (primary N) is 1. The number of carbonyl (C=O) groups is 1. The smallest absolute Gasteiger partial charge is 0.409 e. The summed E-state index contributed by atoms with van der Waals surface area (Å²) in [6.45, 7) is 8.29. The molecule has 3 rings (SSSR count). The maximum absolute atomic E-state index is 11.8. The second-order valence-electron chi connectivity index (χ2n) is 7.96. The average molecular weight is 419 g/mol. The molecule has 2 aliphatic rings. The van der Waals surface area contributed by atoms with Gasteiger partial charge in [-0.1, -0.05) is 12.1 Å². The number of amides is 1. The summed E-state index contributed by atoms with van der Waals surface area (Å²) in [5.74, 6) is 1.73. The number of rotatable bonds is 7. The molecule has 1 amide bonds. The molecule has 0 aliphatic carbocycles. The fourth-order valence-corrected chi connectivity index (χ4v) is 3.70. The fourth-order valence-electron chi connectivity index (χ4n) is 3.70. The van der Waals surface area contributed by atoms with E-state index in [0.717, 1.165) is 49.4 Å². The van der Waals surface area contributed by atoms with Crippen molar-refractivity contribution in [1.29, 1.82) is 0 Å². The van der Waals surface area contributed by atoms with Crippen molar-refractivity contribution < 1.29 is 19.0 Å². The van der Waals surface area contributed by atoms with Gasteiger partial charge in [0.2, 0.25) is 0 Å². The maximum atomic E-state index is 11.8. The highest BCUT2D eigenvalue weighted by atomic mass is 16.6. The molecule has 30 heavy (non-hydrogen) atoms. The van der Waals surface area contributed by atoms with Crippen LogP contribution in [0.3, 0.4) is 0 Å². The molecule has 0 radical (unpaired) electrons. The van der Waals surface area contributed by atoms with Crippen molar-refractivity contribution in [3.05, 3.63) is 29.3 Å². The number of likely N-dealkylation sites (tertiary alicyclic amines) is 1. The van der Waals surface area contributed by atoms with E-state index in [9.17, 15) is 4.79 Å². The van der Waals surface area contributed by atoms with Crippen LogP contribution in [0.25, 0.3) is 0 Å². The van der Waals surface area contributed by atoms with Crippen LogP contribution in [0.15, 0.2) is 23.2 Å². The van der Waals surface area contributed by atoms with E-state index in [-0.39, 0.29) is 12.1 Å². The Hall–Kier alpha value is -2.48. The number of carbonyl (C=O) groups excluding carboxylic acids is 1. The first-order valence-corrected chi connectivity index (χ1v) is 10.8. The Kier molecular flexibility index (Phi) is 8.19. The molecule has 1 unspecified atom stereocenters. The van der Waals surface area contributed by atoms with E-state index in [1.54, 1.807) is 4.90 Å². The third-order valence-corrected chi connectivity index (χ3v) is 5.51. The number of aliphatic imine (C=N–C) groups is 1. The lowest BCUT2D eigenvalue weighted by atomic mass is 10.1. The van der Waals surface area contributed by atoms with Crippen molar-refractivity contribution in [1.82, 2.24) is 10.2 Å². The second kappa shape index (κ2) is 11.1. The van der Waals surface area contributed by atoms with Crippen molar-refractivity contribution in [3.63, 3.8) is 0 Å². The number of piperidine rings is 1. The zero-order chi connectivity index (χ0) is 21.3. The van der Waals surface area contributed by atoms with Crippen LogP contribution in [0.2, 0.25) is 0 Å². The Morgan fingerprint density at radius 2 is 2.13 bits per heavy atom.